The molecule has 1 fully saturated rings. The van der Waals surface area contributed by atoms with Gasteiger partial charge in [0.05, 0.1) is 6.54 Å². The van der Waals surface area contributed by atoms with E-state index in [4.69, 9.17) is 11.6 Å². The fraction of sp³-hybridized carbons (Fsp3) is 0.0476. The van der Waals surface area contributed by atoms with E-state index in [0.29, 0.717) is 10.6 Å². The number of amides is 3. The van der Waals surface area contributed by atoms with E-state index in [1.807, 2.05) is 35.0 Å². The number of imide groups is 1. The molecule has 2 aromatic carbocycles. The van der Waals surface area contributed by atoms with Crippen LogP contribution in [0.15, 0.2) is 72.6 Å². The number of carbonyl (C=O) groups excluding carboxylic acids is 2. The standard InChI is InChI=1S/C21H15ClFN3O2/c22-15-5-9-17(10-6-15)25-11-1-2-18(25)12-19-20(27)26(21(28)24-19)13-14-3-7-16(23)8-4-14/h1-12H,13H2,(H,24,28). The second-order valence-corrected chi connectivity index (χ2v) is 6.72. The molecule has 3 aromatic rings. The fourth-order valence-corrected chi connectivity index (χ4v) is 3.11. The van der Waals surface area contributed by atoms with E-state index in [0.717, 1.165) is 16.3 Å². The van der Waals surface area contributed by atoms with Gasteiger partial charge in [-0.2, -0.15) is 0 Å². The summed E-state index contributed by atoms with van der Waals surface area (Å²) < 4.78 is 14.9. The third kappa shape index (κ3) is 3.54. The van der Waals surface area contributed by atoms with Gasteiger partial charge in [-0.1, -0.05) is 23.7 Å². The van der Waals surface area contributed by atoms with Crippen LogP contribution in [0, 0.1) is 5.82 Å². The van der Waals surface area contributed by atoms with Gasteiger partial charge in [0, 0.05) is 22.6 Å². The van der Waals surface area contributed by atoms with Crippen molar-refractivity contribution in [2.45, 2.75) is 6.54 Å². The first-order valence-electron chi connectivity index (χ1n) is 8.53. The maximum atomic E-state index is 13.0. The van der Waals surface area contributed by atoms with Crippen LogP contribution in [0.3, 0.4) is 0 Å². The zero-order chi connectivity index (χ0) is 19.7. The lowest BCUT2D eigenvalue weighted by Gasteiger charge is -2.11. The normalized spacial score (nSPS) is 15.4. The summed E-state index contributed by atoms with van der Waals surface area (Å²) in [6.07, 6.45) is 3.48. The highest BCUT2D eigenvalue weighted by molar-refractivity contribution is 6.30. The van der Waals surface area contributed by atoms with E-state index < -0.39 is 11.9 Å². The zero-order valence-electron chi connectivity index (χ0n) is 14.6. The lowest BCUT2D eigenvalue weighted by atomic mass is 10.2. The third-order valence-corrected chi connectivity index (χ3v) is 4.65. The number of hydrogen-bond donors (Lipinski definition) is 1. The van der Waals surface area contributed by atoms with Gasteiger partial charge >= 0.3 is 6.03 Å². The van der Waals surface area contributed by atoms with Crippen LogP contribution in [0.2, 0.25) is 5.02 Å². The zero-order valence-corrected chi connectivity index (χ0v) is 15.4. The first-order chi connectivity index (χ1) is 13.5. The van der Waals surface area contributed by atoms with Crippen LogP contribution in [0.1, 0.15) is 11.3 Å². The van der Waals surface area contributed by atoms with Crippen molar-refractivity contribution in [3.8, 4) is 5.69 Å². The van der Waals surface area contributed by atoms with Crippen LogP contribution in [0.5, 0.6) is 0 Å². The monoisotopic (exact) mass is 395 g/mol. The lowest BCUT2D eigenvalue weighted by Crippen LogP contribution is -2.30. The Morgan fingerprint density at radius 1 is 1.00 bits per heavy atom. The predicted molar refractivity (Wildman–Crippen MR) is 104 cm³/mol. The van der Waals surface area contributed by atoms with Gasteiger partial charge in [0.25, 0.3) is 5.91 Å². The molecule has 0 spiro atoms. The summed E-state index contributed by atoms with van der Waals surface area (Å²) in [6, 6.07) is 16.1. The molecule has 1 aromatic heterocycles. The Hall–Kier alpha value is -3.38. The van der Waals surface area contributed by atoms with E-state index in [1.165, 1.54) is 12.1 Å². The molecule has 1 saturated heterocycles. The number of rotatable bonds is 4. The molecule has 7 heteroatoms. The topological polar surface area (TPSA) is 54.3 Å². The largest absolute Gasteiger partial charge is 0.329 e. The lowest BCUT2D eigenvalue weighted by molar-refractivity contribution is -0.123. The number of benzene rings is 2. The van der Waals surface area contributed by atoms with E-state index in [9.17, 15) is 14.0 Å². The Morgan fingerprint density at radius 2 is 1.71 bits per heavy atom. The van der Waals surface area contributed by atoms with E-state index in [-0.39, 0.29) is 18.1 Å². The molecule has 3 amide bonds. The van der Waals surface area contributed by atoms with Crippen LogP contribution in [0.4, 0.5) is 9.18 Å². The van der Waals surface area contributed by atoms with Gasteiger partial charge in [-0.25, -0.2) is 9.18 Å². The fourth-order valence-electron chi connectivity index (χ4n) is 2.98. The first-order valence-corrected chi connectivity index (χ1v) is 8.91. The Balaban J connectivity index is 1.59. The van der Waals surface area contributed by atoms with E-state index in [1.54, 1.807) is 30.3 Å². The number of urea groups is 1. The molecule has 2 heterocycles. The molecule has 0 saturated carbocycles. The Bertz CT molecular complexity index is 1070. The van der Waals surface area contributed by atoms with Crippen molar-refractivity contribution >= 4 is 29.6 Å². The predicted octanol–water partition coefficient (Wildman–Crippen LogP) is 4.36. The SMILES string of the molecule is O=C1NC(=Cc2cccn2-c2ccc(Cl)cc2)C(=O)N1Cc1ccc(F)cc1. The Labute approximate surface area is 165 Å². The molecule has 0 atom stereocenters. The van der Waals surface area contributed by atoms with E-state index in [2.05, 4.69) is 5.32 Å². The van der Waals surface area contributed by atoms with Crippen molar-refractivity contribution in [3.05, 3.63) is 94.7 Å². The molecule has 5 nitrogen and oxygen atoms in total. The van der Waals surface area contributed by atoms with Crippen molar-refractivity contribution in [2.24, 2.45) is 0 Å². The van der Waals surface area contributed by atoms with Crippen LogP contribution >= 0.6 is 11.6 Å². The minimum Gasteiger partial charge on any atom is -0.317 e. The highest BCUT2D eigenvalue weighted by Crippen LogP contribution is 2.21. The Morgan fingerprint density at radius 3 is 2.43 bits per heavy atom. The molecular formula is C21H15ClFN3O2. The van der Waals surface area contributed by atoms with Gasteiger partial charge in [-0.15, -0.1) is 0 Å². The molecule has 1 N–H and O–H groups in total. The van der Waals surface area contributed by atoms with Gasteiger partial charge in [0.15, 0.2) is 0 Å². The second-order valence-electron chi connectivity index (χ2n) is 6.29. The molecule has 0 bridgehead atoms. The minimum absolute atomic E-state index is 0.0699. The highest BCUT2D eigenvalue weighted by Gasteiger charge is 2.33. The van der Waals surface area contributed by atoms with Gasteiger partial charge < -0.3 is 9.88 Å². The Kier molecular flexibility index (Phi) is 4.71. The molecule has 140 valence electrons. The number of nitrogens with one attached hydrogen (secondary N) is 1. The summed E-state index contributed by atoms with van der Waals surface area (Å²) in [5.41, 5.74) is 2.45. The summed E-state index contributed by atoms with van der Waals surface area (Å²) in [6.45, 7) is 0.0699. The van der Waals surface area contributed by atoms with Gasteiger partial charge in [0.2, 0.25) is 0 Å². The summed E-state index contributed by atoms with van der Waals surface area (Å²) in [4.78, 5) is 26.0. The summed E-state index contributed by atoms with van der Waals surface area (Å²) in [5.74, 6) is -0.803. The number of halogens is 2. The number of aromatic nitrogens is 1. The molecule has 1 aliphatic rings. The van der Waals surface area contributed by atoms with Crippen LogP contribution in [0.25, 0.3) is 11.8 Å². The molecule has 0 aliphatic carbocycles. The third-order valence-electron chi connectivity index (χ3n) is 4.39. The van der Waals surface area contributed by atoms with Crippen molar-refractivity contribution in [3.63, 3.8) is 0 Å². The second kappa shape index (κ2) is 7.32. The smallest absolute Gasteiger partial charge is 0.317 e. The van der Waals surface area contributed by atoms with Gasteiger partial charge in [-0.3, -0.25) is 9.69 Å². The molecule has 1 aliphatic heterocycles. The van der Waals surface area contributed by atoms with Crippen molar-refractivity contribution in [1.29, 1.82) is 0 Å². The maximum absolute atomic E-state index is 13.0. The van der Waals surface area contributed by atoms with Crippen molar-refractivity contribution < 1.29 is 14.0 Å². The average molecular weight is 396 g/mol. The van der Waals surface area contributed by atoms with Gasteiger partial charge in [-0.05, 0) is 60.2 Å². The molecule has 28 heavy (non-hydrogen) atoms. The summed E-state index contributed by atoms with van der Waals surface area (Å²) in [7, 11) is 0. The molecule has 0 radical (unpaired) electrons. The molecule has 0 unspecified atom stereocenters. The van der Waals surface area contributed by atoms with E-state index >= 15 is 0 Å². The molecule has 4 rings (SSSR count). The summed E-state index contributed by atoms with van der Waals surface area (Å²) in [5, 5.41) is 3.23. The molecular weight excluding hydrogens is 381 g/mol. The first kappa shape index (κ1) is 18.0. The van der Waals surface area contributed by atoms with Crippen LogP contribution < -0.4 is 5.32 Å². The number of nitrogens with zero attached hydrogens (tertiary/aromatic N) is 2. The average Bonchev–Trinajstić information content (AvgIpc) is 3.24. The number of hydrogen-bond acceptors (Lipinski definition) is 2. The van der Waals surface area contributed by atoms with Crippen molar-refractivity contribution in [1.82, 2.24) is 14.8 Å². The summed E-state index contributed by atoms with van der Waals surface area (Å²) >= 11 is 5.94. The van der Waals surface area contributed by atoms with Gasteiger partial charge in [0.1, 0.15) is 11.5 Å². The quantitative estimate of drug-likeness (QED) is 0.527. The highest BCUT2D eigenvalue weighted by atomic mass is 35.5. The van der Waals surface area contributed by atoms with Crippen LogP contribution in [-0.4, -0.2) is 21.4 Å². The number of carbonyl (C=O) groups is 2. The minimum atomic E-state index is -0.509. The van der Waals surface area contributed by atoms with Crippen molar-refractivity contribution in [2.75, 3.05) is 0 Å². The van der Waals surface area contributed by atoms with Crippen LogP contribution in [-0.2, 0) is 11.3 Å². The maximum Gasteiger partial charge on any atom is 0.329 e.